The van der Waals surface area contributed by atoms with Crippen molar-refractivity contribution in [2.24, 2.45) is 0 Å². The van der Waals surface area contributed by atoms with E-state index in [1.165, 1.54) is 22.8 Å². The number of aryl methyl sites for hydroxylation is 1. The number of piperazine rings is 1. The van der Waals surface area contributed by atoms with Gasteiger partial charge in [0.1, 0.15) is 17.1 Å². The number of aromatic nitrogens is 3. The van der Waals surface area contributed by atoms with Crippen LogP contribution in [0.25, 0.3) is 28.0 Å². The van der Waals surface area contributed by atoms with Crippen LogP contribution in [0.15, 0.2) is 54.0 Å². The van der Waals surface area contributed by atoms with Gasteiger partial charge in [0, 0.05) is 42.7 Å². The molecular formula is C32H31ClFN5O3. The Hall–Kier alpha value is -4.24. The van der Waals surface area contributed by atoms with Crippen molar-refractivity contribution in [2.75, 3.05) is 18.0 Å². The number of nitrogens with zero attached hydrogens (tertiary/aromatic N) is 5. The lowest BCUT2D eigenvalue weighted by Gasteiger charge is -2.43. The molecule has 1 saturated heterocycles. The summed E-state index contributed by atoms with van der Waals surface area (Å²) in [6, 6.07) is 7.43. The van der Waals surface area contributed by atoms with Gasteiger partial charge in [-0.15, -0.1) is 0 Å². The third kappa shape index (κ3) is 4.17. The molecule has 1 fully saturated rings. The van der Waals surface area contributed by atoms with Gasteiger partial charge in [-0.25, -0.2) is 9.37 Å². The standard InChI is InChI=1S/C32H31ClFN5O3/c1-6-25(41)37-15-19-12-21-30(38(19)14-18(37)5)20-13-23(34)28(26-22(33)8-7-9-24(26)40)36-31(20)39(32(21)42)29-17(4)10-11-35-27(29)16(2)3/h6-11,13,16,18-19,40H,1,12,14-15H2,2-5H3. The van der Waals surface area contributed by atoms with E-state index in [-0.39, 0.29) is 57.1 Å². The predicted molar refractivity (Wildman–Crippen MR) is 162 cm³/mol. The van der Waals surface area contributed by atoms with E-state index in [2.05, 4.69) is 16.5 Å². The van der Waals surface area contributed by atoms with Gasteiger partial charge in [0.15, 0.2) is 5.82 Å². The van der Waals surface area contributed by atoms with E-state index in [1.807, 2.05) is 33.8 Å². The van der Waals surface area contributed by atoms with E-state index in [0.29, 0.717) is 47.5 Å². The fourth-order valence-electron chi connectivity index (χ4n) is 6.39. The number of aromatic hydroxyl groups is 1. The van der Waals surface area contributed by atoms with Crippen molar-refractivity contribution < 1.29 is 14.3 Å². The molecule has 0 aliphatic carbocycles. The first-order chi connectivity index (χ1) is 20.0. The number of rotatable bonds is 4. The minimum atomic E-state index is -0.678. The summed E-state index contributed by atoms with van der Waals surface area (Å²) >= 11 is 6.43. The average Bonchev–Trinajstić information content (AvgIpc) is 3.32. The number of benzene rings is 1. The summed E-state index contributed by atoms with van der Waals surface area (Å²) in [5.74, 6) is -1.08. The van der Waals surface area contributed by atoms with E-state index < -0.39 is 5.82 Å². The molecule has 3 aromatic heterocycles. The Morgan fingerprint density at radius 3 is 2.69 bits per heavy atom. The van der Waals surface area contributed by atoms with Gasteiger partial charge in [-0.1, -0.05) is 38.1 Å². The van der Waals surface area contributed by atoms with Crippen molar-refractivity contribution >= 4 is 34.2 Å². The number of pyridine rings is 3. The molecule has 0 radical (unpaired) electrons. The third-order valence-electron chi connectivity index (χ3n) is 8.35. The second-order valence-electron chi connectivity index (χ2n) is 11.4. The van der Waals surface area contributed by atoms with E-state index in [4.69, 9.17) is 16.6 Å². The summed E-state index contributed by atoms with van der Waals surface area (Å²) in [7, 11) is 0. The lowest BCUT2D eigenvalue weighted by atomic mass is 10.0. The van der Waals surface area contributed by atoms with Crippen LogP contribution in [0.1, 0.15) is 43.5 Å². The number of halogens is 2. The molecule has 4 aromatic rings. The number of anilines is 1. The van der Waals surface area contributed by atoms with Crippen LogP contribution in [0, 0.1) is 12.7 Å². The minimum Gasteiger partial charge on any atom is -0.507 e. The number of carbonyl (C=O) groups is 1. The summed E-state index contributed by atoms with van der Waals surface area (Å²) in [5.41, 5.74) is 3.15. The minimum absolute atomic E-state index is 0.0201. The lowest BCUT2D eigenvalue weighted by molar-refractivity contribution is -0.128. The summed E-state index contributed by atoms with van der Waals surface area (Å²) in [6.45, 7) is 12.4. The van der Waals surface area contributed by atoms with Crippen molar-refractivity contribution in [2.45, 2.75) is 52.1 Å². The van der Waals surface area contributed by atoms with Crippen LogP contribution >= 0.6 is 11.6 Å². The highest BCUT2D eigenvalue weighted by Crippen LogP contribution is 2.43. The first-order valence-corrected chi connectivity index (χ1v) is 14.3. The summed E-state index contributed by atoms with van der Waals surface area (Å²) in [5, 5.41) is 11.3. The van der Waals surface area contributed by atoms with E-state index in [0.717, 1.165) is 5.56 Å². The molecule has 8 nitrogen and oxygen atoms in total. The molecule has 2 unspecified atom stereocenters. The molecule has 1 aromatic carbocycles. The van der Waals surface area contributed by atoms with Crippen LogP contribution in [0.5, 0.6) is 5.75 Å². The third-order valence-corrected chi connectivity index (χ3v) is 8.66. The molecule has 2 atom stereocenters. The van der Waals surface area contributed by atoms with Gasteiger partial charge in [0.2, 0.25) is 5.91 Å². The number of phenolic OH excluding ortho intramolecular Hbond substituents is 1. The largest absolute Gasteiger partial charge is 0.507 e. The van der Waals surface area contributed by atoms with Crippen LogP contribution < -0.4 is 10.5 Å². The molecule has 0 bridgehead atoms. The maximum atomic E-state index is 16.1. The van der Waals surface area contributed by atoms with Crippen molar-refractivity contribution in [1.29, 1.82) is 0 Å². The molecule has 1 amide bonds. The van der Waals surface area contributed by atoms with Gasteiger partial charge in [0.05, 0.1) is 33.7 Å². The van der Waals surface area contributed by atoms with Crippen molar-refractivity contribution in [3.8, 4) is 22.7 Å². The first kappa shape index (κ1) is 27.9. The SMILES string of the molecule is C=CC(=O)N1CC2Cc3c(c4cc(F)c(-c5c(O)cccc5Cl)nc4n(-c4c(C)ccnc4C(C)C)c3=O)N2CC1C. The molecule has 10 heteroatoms. The maximum Gasteiger partial charge on any atom is 0.262 e. The van der Waals surface area contributed by atoms with Crippen LogP contribution in [-0.4, -0.2) is 55.6 Å². The van der Waals surface area contributed by atoms with Crippen molar-refractivity contribution in [3.63, 3.8) is 0 Å². The molecule has 6 rings (SSSR count). The predicted octanol–water partition coefficient (Wildman–Crippen LogP) is 5.53. The van der Waals surface area contributed by atoms with E-state index in [1.54, 1.807) is 23.2 Å². The summed E-state index contributed by atoms with van der Waals surface area (Å²) in [6.07, 6.45) is 3.41. The van der Waals surface area contributed by atoms with Gasteiger partial charge >= 0.3 is 0 Å². The fraction of sp³-hybridized carbons (Fsp3) is 0.312. The molecule has 5 heterocycles. The normalized spacial score (nSPS) is 18.0. The molecule has 42 heavy (non-hydrogen) atoms. The summed E-state index contributed by atoms with van der Waals surface area (Å²) in [4.78, 5) is 40.4. The topological polar surface area (TPSA) is 91.6 Å². The number of fused-ring (bicyclic) bond motifs is 5. The second-order valence-corrected chi connectivity index (χ2v) is 11.8. The maximum absolute atomic E-state index is 16.1. The zero-order chi connectivity index (χ0) is 30.0. The van der Waals surface area contributed by atoms with Gasteiger partial charge in [-0.3, -0.25) is 19.1 Å². The Morgan fingerprint density at radius 2 is 2.00 bits per heavy atom. The number of amides is 1. The number of hydrogen-bond donors (Lipinski definition) is 1. The van der Waals surface area contributed by atoms with E-state index in [9.17, 15) is 14.7 Å². The van der Waals surface area contributed by atoms with Crippen LogP contribution in [0.2, 0.25) is 5.02 Å². The van der Waals surface area contributed by atoms with Gasteiger partial charge in [-0.2, -0.15) is 0 Å². The van der Waals surface area contributed by atoms with Gasteiger partial charge < -0.3 is 14.9 Å². The zero-order valence-corrected chi connectivity index (χ0v) is 24.6. The molecule has 216 valence electrons. The molecule has 0 spiro atoms. The number of carbonyl (C=O) groups excluding carboxylic acids is 1. The average molecular weight is 588 g/mol. The van der Waals surface area contributed by atoms with Crippen LogP contribution in [0.3, 0.4) is 0 Å². The number of hydrogen-bond acceptors (Lipinski definition) is 6. The Balaban J connectivity index is 1.70. The lowest BCUT2D eigenvalue weighted by Crippen LogP contribution is -2.57. The zero-order valence-electron chi connectivity index (χ0n) is 23.9. The molecule has 0 saturated carbocycles. The Bertz CT molecular complexity index is 1830. The quantitative estimate of drug-likeness (QED) is 0.316. The highest BCUT2D eigenvalue weighted by molar-refractivity contribution is 6.33. The smallest absolute Gasteiger partial charge is 0.262 e. The van der Waals surface area contributed by atoms with Gasteiger partial charge in [-0.05, 0) is 55.7 Å². The Morgan fingerprint density at radius 1 is 1.24 bits per heavy atom. The van der Waals surface area contributed by atoms with Crippen LogP contribution in [0.4, 0.5) is 10.1 Å². The Kier molecular flexibility index (Phi) is 6.80. The number of phenols is 1. The van der Waals surface area contributed by atoms with Gasteiger partial charge in [0.25, 0.3) is 5.56 Å². The monoisotopic (exact) mass is 587 g/mol. The summed E-state index contributed by atoms with van der Waals surface area (Å²) < 4.78 is 17.6. The Labute approximate surface area is 247 Å². The van der Waals surface area contributed by atoms with Crippen molar-refractivity contribution in [1.82, 2.24) is 19.4 Å². The van der Waals surface area contributed by atoms with Crippen LogP contribution in [-0.2, 0) is 11.2 Å². The fourth-order valence-corrected chi connectivity index (χ4v) is 6.65. The molecule has 2 aliphatic rings. The molecule has 2 aliphatic heterocycles. The van der Waals surface area contributed by atoms with E-state index >= 15 is 4.39 Å². The highest BCUT2D eigenvalue weighted by atomic mass is 35.5. The molecule has 1 N–H and O–H groups in total. The van der Waals surface area contributed by atoms with Crippen molar-refractivity contribution in [3.05, 3.63) is 87.2 Å². The first-order valence-electron chi connectivity index (χ1n) is 13.9. The highest BCUT2D eigenvalue weighted by Gasteiger charge is 2.42. The second kappa shape index (κ2) is 10.2. The molecular weight excluding hydrogens is 557 g/mol.